The van der Waals surface area contributed by atoms with Crippen molar-refractivity contribution in [3.8, 4) is 17.6 Å². The van der Waals surface area contributed by atoms with E-state index in [-0.39, 0.29) is 28.7 Å². The van der Waals surface area contributed by atoms with Crippen molar-refractivity contribution >= 4 is 48.7 Å². The Labute approximate surface area is 301 Å². The van der Waals surface area contributed by atoms with Crippen LogP contribution >= 0.6 is 11.3 Å². The van der Waals surface area contributed by atoms with Gasteiger partial charge in [0.1, 0.15) is 10.7 Å². The highest BCUT2D eigenvalue weighted by molar-refractivity contribution is 7.90. The number of hydrogen-bond acceptors (Lipinski definition) is 9. The van der Waals surface area contributed by atoms with Gasteiger partial charge in [0, 0.05) is 62.9 Å². The predicted molar refractivity (Wildman–Crippen MR) is 185 cm³/mol. The maximum absolute atomic E-state index is 14.8. The van der Waals surface area contributed by atoms with Crippen molar-refractivity contribution in [3.63, 3.8) is 0 Å². The van der Waals surface area contributed by atoms with E-state index >= 15 is 0 Å². The van der Waals surface area contributed by atoms with Gasteiger partial charge in [-0.25, -0.2) is 17.5 Å². The lowest BCUT2D eigenvalue weighted by molar-refractivity contribution is -0.127. The van der Waals surface area contributed by atoms with Crippen molar-refractivity contribution < 1.29 is 49.0 Å². The summed E-state index contributed by atoms with van der Waals surface area (Å²) in [6, 6.07) is 6.95. The van der Waals surface area contributed by atoms with Gasteiger partial charge in [-0.1, -0.05) is 24.0 Å². The molecule has 3 aliphatic rings. The molecule has 0 radical (unpaired) electrons. The Morgan fingerprint density at radius 2 is 1.83 bits per heavy atom. The van der Waals surface area contributed by atoms with Gasteiger partial charge >= 0.3 is 12.8 Å². The largest absolute Gasteiger partial charge is 0.433 e. The molecule has 2 saturated heterocycles. The maximum Gasteiger partial charge on any atom is 0.393 e. The molecule has 3 heterocycles. The van der Waals surface area contributed by atoms with Crippen molar-refractivity contribution in [2.75, 3.05) is 43.5 Å². The molecule has 9 nitrogen and oxygen atoms in total. The zero-order valence-electron chi connectivity index (χ0n) is 28.2. The first-order valence-electron chi connectivity index (χ1n) is 16.9. The van der Waals surface area contributed by atoms with E-state index in [2.05, 4.69) is 32.1 Å². The number of anilines is 2. The number of nitrogens with one attached hydrogen (secondary N) is 3. The summed E-state index contributed by atoms with van der Waals surface area (Å²) in [5.74, 6) is 2.26. The smallest absolute Gasteiger partial charge is 0.393 e. The van der Waals surface area contributed by atoms with Crippen LogP contribution in [-0.2, 0) is 26.0 Å². The molecular formula is C35H38F6N4O5S2. The number of nitrogens with zero attached hydrogens (tertiary/aromatic N) is 1. The van der Waals surface area contributed by atoms with Crippen LogP contribution in [-0.4, -0.2) is 76.9 Å². The third-order valence-electron chi connectivity index (χ3n) is 9.79. The summed E-state index contributed by atoms with van der Waals surface area (Å²) in [5.41, 5.74) is 0.749. The average molecular weight is 773 g/mol. The van der Waals surface area contributed by atoms with Gasteiger partial charge in [-0.15, -0.1) is 11.3 Å². The summed E-state index contributed by atoms with van der Waals surface area (Å²) in [5, 5.41) is 6.56. The summed E-state index contributed by atoms with van der Waals surface area (Å²) in [4.78, 5) is 12.9. The minimum absolute atomic E-state index is 0.00693. The van der Waals surface area contributed by atoms with Gasteiger partial charge < -0.3 is 20.1 Å². The summed E-state index contributed by atoms with van der Waals surface area (Å²) in [6.45, 7) is 1.01. The number of alkyl halides is 5. The molecule has 52 heavy (non-hydrogen) atoms. The number of sulfonamides is 1. The van der Waals surface area contributed by atoms with Crippen molar-refractivity contribution in [1.82, 2.24) is 9.62 Å². The molecule has 1 spiro atoms. The second kappa shape index (κ2) is 15.3. The minimum atomic E-state index is -4.74. The highest BCUT2D eigenvalue weighted by Crippen LogP contribution is 2.44. The molecule has 3 N–H and O–H groups in total. The zero-order valence-corrected chi connectivity index (χ0v) is 29.8. The van der Waals surface area contributed by atoms with Gasteiger partial charge in [0.05, 0.1) is 33.9 Å². The van der Waals surface area contributed by atoms with Gasteiger partial charge in [0.25, 0.3) is 10.0 Å². The lowest BCUT2D eigenvalue weighted by Gasteiger charge is -2.56. The van der Waals surface area contributed by atoms with Crippen LogP contribution in [0.15, 0.2) is 35.2 Å². The third kappa shape index (κ3) is 8.90. The quantitative estimate of drug-likeness (QED) is 0.152. The molecule has 1 amide bonds. The number of carbonyl (C=O) groups excluding carboxylic acids is 1. The molecule has 1 aromatic heterocycles. The Bertz CT molecular complexity index is 1960. The van der Waals surface area contributed by atoms with E-state index < -0.39 is 51.6 Å². The van der Waals surface area contributed by atoms with Crippen LogP contribution in [0.2, 0.25) is 0 Å². The molecule has 282 valence electrons. The van der Waals surface area contributed by atoms with E-state index in [1.54, 1.807) is 16.9 Å². The fraction of sp³-hybridized carbons (Fsp3) is 0.514. The summed E-state index contributed by atoms with van der Waals surface area (Å²) in [7, 11) is -4.74. The molecule has 3 fully saturated rings. The predicted octanol–water partition coefficient (Wildman–Crippen LogP) is 6.87. The lowest BCUT2D eigenvalue weighted by Crippen LogP contribution is -2.62. The van der Waals surface area contributed by atoms with Crippen molar-refractivity contribution in [1.29, 1.82) is 0 Å². The van der Waals surface area contributed by atoms with Crippen LogP contribution in [0.1, 0.15) is 55.9 Å². The zero-order chi connectivity index (χ0) is 37.3. The minimum Gasteiger partial charge on any atom is -0.433 e. The Morgan fingerprint density at radius 1 is 1.12 bits per heavy atom. The Kier molecular flexibility index (Phi) is 11.2. The summed E-state index contributed by atoms with van der Waals surface area (Å²) in [6.07, 6.45) is 0.436. The van der Waals surface area contributed by atoms with E-state index in [0.29, 0.717) is 33.7 Å². The second-order valence-corrected chi connectivity index (χ2v) is 16.2. The molecule has 2 aliphatic heterocycles. The van der Waals surface area contributed by atoms with Crippen molar-refractivity contribution in [2.45, 2.75) is 81.6 Å². The number of fused-ring (bicyclic) bond motifs is 1. The molecule has 1 aliphatic carbocycles. The van der Waals surface area contributed by atoms with Crippen LogP contribution in [0.5, 0.6) is 5.75 Å². The SMILES string of the molecule is CC(=O)NS(=O)(=O)c1cc(OC(F)F)c(NCC#Cc2sc3c(NC4CCC(N5CC6(CCOCC6)C5)CC4)cccc3c2CC(F)(F)F)cc1F. The Morgan fingerprint density at radius 3 is 2.48 bits per heavy atom. The van der Waals surface area contributed by atoms with Gasteiger partial charge in [-0.3, -0.25) is 9.69 Å². The number of amides is 1. The first kappa shape index (κ1) is 38.0. The maximum atomic E-state index is 14.8. The van der Waals surface area contributed by atoms with E-state index in [1.165, 1.54) is 0 Å². The van der Waals surface area contributed by atoms with Crippen LogP contribution in [0.3, 0.4) is 0 Å². The first-order chi connectivity index (χ1) is 24.6. The summed E-state index contributed by atoms with van der Waals surface area (Å²) < 4.78 is 119. The second-order valence-electron chi connectivity index (χ2n) is 13.5. The van der Waals surface area contributed by atoms with Gasteiger partial charge in [0.2, 0.25) is 5.91 Å². The average Bonchev–Trinajstić information content (AvgIpc) is 3.39. The van der Waals surface area contributed by atoms with Crippen LogP contribution < -0.4 is 20.1 Å². The van der Waals surface area contributed by atoms with Crippen LogP contribution in [0, 0.1) is 23.1 Å². The van der Waals surface area contributed by atoms with Crippen LogP contribution in [0.4, 0.5) is 37.7 Å². The number of benzene rings is 2. The van der Waals surface area contributed by atoms with Gasteiger partial charge in [-0.05, 0) is 55.5 Å². The lowest BCUT2D eigenvalue weighted by atomic mass is 9.71. The fourth-order valence-corrected chi connectivity index (χ4v) is 9.58. The normalized spacial score (nSPS) is 20.6. The third-order valence-corrected chi connectivity index (χ3v) is 12.4. The molecule has 6 rings (SSSR count). The number of likely N-dealkylation sites (tertiary alicyclic amines) is 1. The van der Waals surface area contributed by atoms with Crippen molar-refractivity contribution in [3.05, 3.63) is 46.6 Å². The molecular weight excluding hydrogens is 735 g/mol. The highest BCUT2D eigenvalue weighted by atomic mass is 32.2. The number of halogens is 6. The number of hydrogen-bond donors (Lipinski definition) is 3. The number of rotatable bonds is 10. The molecule has 2 aromatic carbocycles. The van der Waals surface area contributed by atoms with Gasteiger partial charge in [0.15, 0.2) is 5.75 Å². The summed E-state index contributed by atoms with van der Waals surface area (Å²) >= 11 is 1.11. The number of thiophene rings is 1. The van der Waals surface area contributed by atoms with Crippen molar-refractivity contribution in [2.24, 2.45) is 5.41 Å². The first-order valence-corrected chi connectivity index (χ1v) is 19.2. The molecule has 1 saturated carbocycles. The van der Waals surface area contributed by atoms with E-state index in [9.17, 15) is 39.6 Å². The molecule has 3 aromatic rings. The van der Waals surface area contributed by atoms with Crippen LogP contribution in [0.25, 0.3) is 10.1 Å². The molecule has 17 heteroatoms. The fourth-order valence-electron chi connectivity index (χ4n) is 7.34. The van der Waals surface area contributed by atoms with E-state index in [4.69, 9.17) is 4.74 Å². The molecule has 0 unspecified atom stereocenters. The molecule has 0 bridgehead atoms. The van der Waals surface area contributed by atoms with E-state index in [0.717, 1.165) is 88.8 Å². The highest BCUT2D eigenvalue weighted by Gasteiger charge is 2.46. The standard InChI is InChI=1S/C35H38F6N4O5S2/c1-21(46)44-52(47,48)31-17-29(50-33(37)38)28(16-26(31)36)42-13-3-6-30-25(18-35(39,40)41)24-4-2-5-27(32(24)51-30)43-22-7-9-23(10-8-22)45-19-34(20-45)11-14-49-15-12-34/h2,4-5,16-17,22-23,33,42-43H,7-15,18-20H2,1H3,(H,44,46). The molecule has 0 atom stereocenters. The Balaban J connectivity index is 1.17. The Hall–Kier alpha value is -3.72. The topological polar surface area (TPSA) is 109 Å². The monoisotopic (exact) mass is 772 g/mol. The number of ether oxygens (including phenoxy) is 2. The number of carbonyl (C=O) groups is 1. The van der Waals surface area contributed by atoms with Gasteiger partial charge in [-0.2, -0.15) is 22.0 Å². The van der Waals surface area contributed by atoms with E-state index in [1.807, 2.05) is 6.07 Å².